The smallest absolute Gasteiger partial charge is 0.154 e. The second kappa shape index (κ2) is 15.7. The molecule has 0 aliphatic carbocycles. The van der Waals surface area contributed by atoms with Gasteiger partial charge in [0, 0.05) is 13.2 Å². The average molecular weight is 219 g/mol. The third-order valence-electron chi connectivity index (χ3n) is 1.26. The van der Waals surface area contributed by atoms with E-state index in [9.17, 15) is 9.59 Å². The fourth-order valence-corrected chi connectivity index (χ4v) is 0.719. The van der Waals surface area contributed by atoms with E-state index < -0.39 is 0 Å². The van der Waals surface area contributed by atoms with Crippen molar-refractivity contribution in [3.63, 3.8) is 0 Å². The molecular formula is C10H21NO4. The van der Waals surface area contributed by atoms with Crippen molar-refractivity contribution in [2.24, 2.45) is 0 Å². The summed E-state index contributed by atoms with van der Waals surface area (Å²) in [6.07, 6.45) is 1.39. The minimum Gasteiger partial charge on any atom is -0.353 e. The zero-order valence-electron chi connectivity index (χ0n) is 9.69. The van der Waals surface area contributed by atoms with Gasteiger partial charge in [0.05, 0.1) is 13.1 Å². The second-order valence-electron chi connectivity index (χ2n) is 2.47. The van der Waals surface area contributed by atoms with Crippen molar-refractivity contribution in [3.05, 3.63) is 0 Å². The zero-order valence-corrected chi connectivity index (χ0v) is 9.69. The molecule has 0 fully saturated rings. The Morgan fingerprint density at radius 3 is 1.73 bits per heavy atom. The summed E-state index contributed by atoms with van der Waals surface area (Å²) in [6, 6.07) is 0. The Bertz CT molecular complexity index is 127. The quantitative estimate of drug-likeness (QED) is 0.363. The molecule has 0 saturated carbocycles. The molecular weight excluding hydrogens is 198 g/mol. The molecule has 0 atom stereocenters. The molecule has 0 saturated heterocycles. The minimum absolute atomic E-state index is 0.0370. The van der Waals surface area contributed by atoms with Crippen LogP contribution >= 0.6 is 0 Å². The molecule has 0 unspecified atom stereocenters. The third kappa shape index (κ3) is 19.6. The molecule has 5 nitrogen and oxygen atoms in total. The van der Waals surface area contributed by atoms with Crippen molar-refractivity contribution < 1.29 is 19.1 Å². The highest BCUT2D eigenvalue weighted by Crippen LogP contribution is 1.90. The first kappa shape index (κ1) is 16.6. The standard InChI is InChI=1S/C6H14O2.C4H7NO2/c1-4-7-6(3)8-5-2;6-3-1-5-2-4-7/h6H,4-5H2,1-3H3;3-5H,1-2H2. The highest BCUT2D eigenvalue weighted by atomic mass is 16.7. The molecule has 0 aromatic heterocycles. The lowest BCUT2D eigenvalue weighted by Gasteiger charge is -2.09. The highest BCUT2D eigenvalue weighted by Gasteiger charge is 1.94. The summed E-state index contributed by atoms with van der Waals surface area (Å²) in [4.78, 5) is 19.0. The van der Waals surface area contributed by atoms with Gasteiger partial charge in [-0.2, -0.15) is 0 Å². The van der Waals surface area contributed by atoms with Crippen molar-refractivity contribution in [2.45, 2.75) is 27.1 Å². The molecule has 5 heteroatoms. The van der Waals surface area contributed by atoms with Gasteiger partial charge in [0.15, 0.2) is 6.29 Å². The van der Waals surface area contributed by atoms with Crippen LogP contribution in [0.1, 0.15) is 20.8 Å². The summed E-state index contributed by atoms with van der Waals surface area (Å²) in [5.74, 6) is 0. The van der Waals surface area contributed by atoms with Gasteiger partial charge in [0.1, 0.15) is 12.6 Å². The SMILES string of the molecule is CCOC(C)OCC.O=CCNCC=O. The first-order valence-electron chi connectivity index (χ1n) is 5.04. The Morgan fingerprint density at radius 1 is 1.07 bits per heavy atom. The van der Waals surface area contributed by atoms with Crippen LogP contribution in [0.15, 0.2) is 0 Å². The van der Waals surface area contributed by atoms with Gasteiger partial charge in [-0.15, -0.1) is 0 Å². The number of ether oxygens (including phenoxy) is 2. The van der Waals surface area contributed by atoms with Gasteiger partial charge < -0.3 is 24.4 Å². The zero-order chi connectivity index (χ0) is 11.9. The number of nitrogens with one attached hydrogen (secondary N) is 1. The van der Waals surface area contributed by atoms with Crippen molar-refractivity contribution in [3.8, 4) is 0 Å². The van der Waals surface area contributed by atoms with Gasteiger partial charge in [0.25, 0.3) is 0 Å². The number of hydrogen-bond acceptors (Lipinski definition) is 5. The van der Waals surface area contributed by atoms with Gasteiger partial charge in [-0.1, -0.05) is 0 Å². The number of rotatable bonds is 8. The topological polar surface area (TPSA) is 64.6 Å². The summed E-state index contributed by atoms with van der Waals surface area (Å²) in [5, 5.41) is 2.55. The van der Waals surface area contributed by atoms with Crippen molar-refractivity contribution in [2.75, 3.05) is 26.3 Å². The lowest BCUT2D eigenvalue weighted by Crippen LogP contribution is -2.17. The predicted octanol–water partition coefficient (Wildman–Crippen LogP) is 0.379. The molecule has 0 aliphatic heterocycles. The molecule has 0 rings (SSSR count). The summed E-state index contributed by atoms with van der Waals surface area (Å²) in [7, 11) is 0. The largest absolute Gasteiger partial charge is 0.353 e. The first-order valence-corrected chi connectivity index (χ1v) is 5.04. The maximum atomic E-state index is 9.50. The van der Waals surface area contributed by atoms with Gasteiger partial charge in [-0.25, -0.2) is 0 Å². The van der Waals surface area contributed by atoms with Gasteiger partial charge in [-0.05, 0) is 20.8 Å². The Morgan fingerprint density at radius 2 is 1.47 bits per heavy atom. The number of carbonyl (C=O) groups is 2. The van der Waals surface area contributed by atoms with Crippen LogP contribution in [0, 0.1) is 0 Å². The van der Waals surface area contributed by atoms with Crippen molar-refractivity contribution in [1.29, 1.82) is 0 Å². The van der Waals surface area contributed by atoms with E-state index in [0.29, 0.717) is 12.6 Å². The summed E-state index contributed by atoms with van der Waals surface area (Å²) < 4.78 is 10.1. The van der Waals surface area contributed by atoms with Gasteiger partial charge in [0.2, 0.25) is 0 Å². The Balaban J connectivity index is 0. The van der Waals surface area contributed by atoms with Crippen LogP contribution in [-0.4, -0.2) is 45.2 Å². The van der Waals surface area contributed by atoms with Crippen LogP contribution in [0.3, 0.4) is 0 Å². The number of aldehydes is 2. The number of hydrogen-bond donors (Lipinski definition) is 1. The molecule has 15 heavy (non-hydrogen) atoms. The van der Waals surface area contributed by atoms with Crippen LogP contribution in [0.25, 0.3) is 0 Å². The van der Waals surface area contributed by atoms with E-state index in [1.54, 1.807) is 0 Å². The molecule has 0 aromatic rings. The van der Waals surface area contributed by atoms with E-state index >= 15 is 0 Å². The normalized spacial score (nSPS) is 9.33. The van der Waals surface area contributed by atoms with E-state index in [0.717, 1.165) is 13.2 Å². The Kier molecular flexibility index (Phi) is 17.4. The number of carbonyl (C=O) groups excluding carboxylic acids is 2. The van der Waals surface area contributed by atoms with E-state index in [4.69, 9.17) is 9.47 Å². The molecule has 0 spiro atoms. The van der Waals surface area contributed by atoms with E-state index in [1.165, 1.54) is 0 Å². The Hall–Kier alpha value is -0.780. The Labute approximate surface area is 91.1 Å². The van der Waals surface area contributed by atoms with E-state index in [-0.39, 0.29) is 19.4 Å². The van der Waals surface area contributed by atoms with Crippen LogP contribution in [0.4, 0.5) is 0 Å². The average Bonchev–Trinajstić information content (AvgIpc) is 2.20. The summed E-state index contributed by atoms with van der Waals surface area (Å²) >= 11 is 0. The van der Waals surface area contributed by atoms with Gasteiger partial charge >= 0.3 is 0 Å². The first-order chi connectivity index (χ1) is 7.22. The second-order valence-corrected chi connectivity index (χ2v) is 2.47. The van der Waals surface area contributed by atoms with Crippen LogP contribution < -0.4 is 5.32 Å². The van der Waals surface area contributed by atoms with Gasteiger partial charge in [-0.3, -0.25) is 0 Å². The van der Waals surface area contributed by atoms with Crippen molar-refractivity contribution in [1.82, 2.24) is 5.32 Å². The molecule has 1 N–H and O–H groups in total. The molecule has 0 heterocycles. The third-order valence-corrected chi connectivity index (χ3v) is 1.26. The summed E-state index contributed by atoms with van der Waals surface area (Å²) in [5.41, 5.74) is 0. The minimum atomic E-state index is -0.0370. The molecule has 0 radical (unpaired) electrons. The van der Waals surface area contributed by atoms with Crippen LogP contribution in [0.2, 0.25) is 0 Å². The van der Waals surface area contributed by atoms with E-state index in [2.05, 4.69) is 5.32 Å². The molecule has 0 amide bonds. The van der Waals surface area contributed by atoms with E-state index in [1.807, 2.05) is 20.8 Å². The monoisotopic (exact) mass is 219 g/mol. The summed E-state index contributed by atoms with van der Waals surface area (Å²) in [6.45, 7) is 7.78. The maximum absolute atomic E-state index is 9.50. The highest BCUT2D eigenvalue weighted by molar-refractivity contribution is 5.55. The maximum Gasteiger partial charge on any atom is 0.154 e. The van der Waals surface area contributed by atoms with Crippen molar-refractivity contribution >= 4 is 12.6 Å². The lowest BCUT2D eigenvalue weighted by atomic mass is 10.6. The van der Waals surface area contributed by atoms with Crippen LogP contribution in [0.5, 0.6) is 0 Å². The molecule has 0 aliphatic rings. The molecule has 0 aromatic carbocycles. The van der Waals surface area contributed by atoms with Crippen LogP contribution in [-0.2, 0) is 19.1 Å². The fourth-order valence-electron chi connectivity index (χ4n) is 0.719. The molecule has 90 valence electrons. The predicted molar refractivity (Wildman–Crippen MR) is 57.7 cm³/mol. The lowest BCUT2D eigenvalue weighted by molar-refractivity contribution is -0.123. The fraction of sp³-hybridized carbons (Fsp3) is 0.800. The molecule has 0 bridgehead atoms.